The van der Waals surface area contributed by atoms with Gasteiger partial charge in [-0.3, -0.25) is 9.69 Å². The molecule has 1 saturated heterocycles. The molecule has 2 heterocycles. The number of hydrogen-bond acceptors (Lipinski definition) is 5. The number of aryl methyl sites for hydroxylation is 1. The van der Waals surface area contributed by atoms with Gasteiger partial charge in [-0.1, -0.05) is 53.2 Å². The van der Waals surface area contributed by atoms with E-state index in [-0.39, 0.29) is 5.91 Å². The van der Waals surface area contributed by atoms with E-state index >= 15 is 0 Å². The van der Waals surface area contributed by atoms with Gasteiger partial charge in [-0.15, -0.1) is 5.10 Å². The van der Waals surface area contributed by atoms with Crippen LogP contribution in [0.25, 0.3) is 5.69 Å². The van der Waals surface area contributed by atoms with Crippen molar-refractivity contribution in [3.8, 4) is 5.69 Å². The van der Waals surface area contributed by atoms with Crippen molar-refractivity contribution in [1.82, 2.24) is 24.8 Å². The Labute approximate surface area is 188 Å². The molecule has 2 fully saturated rings. The smallest absolute Gasteiger partial charge is 0.276 e. The number of amides is 1. The van der Waals surface area contributed by atoms with Crippen LogP contribution in [0.3, 0.4) is 0 Å². The number of piperazine rings is 1. The summed E-state index contributed by atoms with van der Waals surface area (Å²) in [5.74, 6) is 0.320. The Morgan fingerprint density at radius 1 is 1.03 bits per heavy atom. The molecule has 1 saturated carbocycles. The van der Waals surface area contributed by atoms with Crippen molar-refractivity contribution in [2.45, 2.75) is 31.8 Å². The predicted molar refractivity (Wildman–Crippen MR) is 122 cm³/mol. The minimum Gasteiger partial charge on any atom is -0.387 e. The molecule has 1 aliphatic heterocycles. The lowest BCUT2D eigenvalue weighted by molar-refractivity contribution is 0.0522. The highest BCUT2D eigenvalue weighted by atomic mass is 16.3. The van der Waals surface area contributed by atoms with Gasteiger partial charge in [0.15, 0.2) is 5.69 Å². The number of nitrogens with zero attached hydrogens (tertiary/aromatic N) is 5. The highest BCUT2D eigenvalue weighted by Gasteiger charge is 2.36. The number of β-amino-alcohol motifs (C(OH)–C–C–N with tert-alkyl or cyclic N) is 1. The van der Waals surface area contributed by atoms with Crippen LogP contribution < -0.4 is 0 Å². The van der Waals surface area contributed by atoms with Crippen LogP contribution >= 0.6 is 0 Å². The molecule has 1 amide bonds. The first-order chi connectivity index (χ1) is 15.6. The first-order valence-corrected chi connectivity index (χ1v) is 11.4. The van der Waals surface area contributed by atoms with E-state index in [1.807, 2.05) is 52.0 Å². The molecular weight excluding hydrogens is 402 g/mol. The zero-order valence-electron chi connectivity index (χ0n) is 18.4. The summed E-state index contributed by atoms with van der Waals surface area (Å²) in [6.45, 7) is 5.36. The van der Waals surface area contributed by atoms with Crippen LogP contribution in [0.5, 0.6) is 0 Å². The van der Waals surface area contributed by atoms with Gasteiger partial charge in [0, 0.05) is 38.6 Å². The van der Waals surface area contributed by atoms with E-state index in [1.165, 1.54) is 5.56 Å². The Bertz CT molecular complexity index is 1070. The van der Waals surface area contributed by atoms with E-state index in [2.05, 4.69) is 34.3 Å². The van der Waals surface area contributed by atoms with Gasteiger partial charge in [0.25, 0.3) is 5.91 Å². The fraction of sp³-hybridized carbons (Fsp3) is 0.400. The lowest BCUT2D eigenvalue weighted by atomic mass is 10.1. The topological polar surface area (TPSA) is 74.5 Å². The molecular formula is C25H29N5O2. The predicted octanol–water partition coefficient (Wildman–Crippen LogP) is 2.94. The Hall–Kier alpha value is -3.03. The number of aromatic nitrogens is 3. The van der Waals surface area contributed by atoms with Gasteiger partial charge in [-0.2, -0.15) is 0 Å². The number of carbonyl (C=O) groups excluding carboxylic acids is 1. The van der Waals surface area contributed by atoms with Gasteiger partial charge in [-0.25, -0.2) is 4.68 Å². The molecule has 5 rings (SSSR count). The highest BCUT2D eigenvalue weighted by Crippen LogP contribution is 2.42. The molecule has 1 N–H and O–H groups in total. The molecule has 2 aliphatic rings. The van der Waals surface area contributed by atoms with E-state index in [0.29, 0.717) is 31.2 Å². The fourth-order valence-electron chi connectivity index (χ4n) is 4.35. The second-order valence-electron chi connectivity index (χ2n) is 8.86. The molecule has 7 nitrogen and oxygen atoms in total. The van der Waals surface area contributed by atoms with Crippen LogP contribution in [0, 0.1) is 6.92 Å². The molecule has 7 heteroatoms. The minimum absolute atomic E-state index is 0.0338. The summed E-state index contributed by atoms with van der Waals surface area (Å²) in [6.07, 6.45) is 1.63. The highest BCUT2D eigenvalue weighted by molar-refractivity contribution is 5.93. The van der Waals surface area contributed by atoms with Crippen molar-refractivity contribution >= 4 is 5.91 Å². The van der Waals surface area contributed by atoms with Gasteiger partial charge in [0.05, 0.1) is 17.5 Å². The lowest BCUT2D eigenvalue weighted by Crippen LogP contribution is -2.49. The van der Waals surface area contributed by atoms with Crippen LogP contribution in [-0.4, -0.2) is 68.5 Å². The van der Waals surface area contributed by atoms with Gasteiger partial charge in [0.1, 0.15) is 0 Å². The van der Waals surface area contributed by atoms with Crippen molar-refractivity contribution in [1.29, 1.82) is 0 Å². The molecule has 166 valence electrons. The van der Waals surface area contributed by atoms with Crippen molar-refractivity contribution in [3.05, 3.63) is 77.1 Å². The van der Waals surface area contributed by atoms with E-state index in [9.17, 15) is 9.90 Å². The van der Waals surface area contributed by atoms with Crippen LogP contribution in [0.4, 0.5) is 0 Å². The third kappa shape index (κ3) is 4.31. The molecule has 1 aromatic heterocycles. The molecule has 0 bridgehead atoms. The second kappa shape index (κ2) is 8.84. The average molecular weight is 432 g/mol. The molecule has 3 aromatic rings. The zero-order valence-corrected chi connectivity index (χ0v) is 18.4. The molecule has 0 spiro atoms. The average Bonchev–Trinajstić information content (AvgIpc) is 3.58. The quantitative estimate of drug-likeness (QED) is 0.650. The van der Waals surface area contributed by atoms with Crippen LogP contribution in [0.15, 0.2) is 54.6 Å². The molecule has 2 aromatic carbocycles. The summed E-state index contributed by atoms with van der Waals surface area (Å²) in [5, 5.41) is 19.2. The third-order valence-electron chi connectivity index (χ3n) is 6.43. The number of aliphatic hydroxyl groups excluding tert-OH is 1. The van der Waals surface area contributed by atoms with E-state index in [1.54, 1.807) is 0 Å². The molecule has 1 aliphatic carbocycles. The van der Waals surface area contributed by atoms with E-state index in [4.69, 9.17) is 0 Å². The number of rotatable bonds is 6. The molecule has 32 heavy (non-hydrogen) atoms. The van der Waals surface area contributed by atoms with Crippen molar-refractivity contribution in [3.63, 3.8) is 0 Å². The summed E-state index contributed by atoms with van der Waals surface area (Å²) in [5.41, 5.74) is 4.50. The monoisotopic (exact) mass is 431 g/mol. The first-order valence-electron chi connectivity index (χ1n) is 11.4. The van der Waals surface area contributed by atoms with Gasteiger partial charge >= 0.3 is 0 Å². The zero-order chi connectivity index (χ0) is 22.1. The Kier molecular flexibility index (Phi) is 5.76. The normalized spacial score (nSPS) is 18.0. The van der Waals surface area contributed by atoms with Crippen molar-refractivity contribution in [2.24, 2.45) is 0 Å². The largest absolute Gasteiger partial charge is 0.387 e. The molecule has 0 radical (unpaired) electrons. The number of benzene rings is 2. The maximum atomic E-state index is 13.3. The maximum absolute atomic E-state index is 13.3. The van der Waals surface area contributed by atoms with Crippen molar-refractivity contribution < 1.29 is 9.90 Å². The number of carbonyl (C=O) groups is 1. The SMILES string of the molecule is Cc1ccc(-n2nnc(C(=O)N3CCN(CC(O)c4ccccc4)CC3)c2C2CC2)cc1. The lowest BCUT2D eigenvalue weighted by Gasteiger charge is -2.35. The summed E-state index contributed by atoms with van der Waals surface area (Å²) in [7, 11) is 0. The van der Waals surface area contributed by atoms with E-state index < -0.39 is 6.10 Å². The van der Waals surface area contributed by atoms with Crippen molar-refractivity contribution in [2.75, 3.05) is 32.7 Å². The summed E-state index contributed by atoms with van der Waals surface area (Å²) in [4.78, 5) is 17.4. The minimum atomic E-state index is -0.519. The van der Waals surface area contributed by atoms with Crippen LogP contribution in [0.2, 0.25) is 0 Å². The number of hydrogen-bond donors (Lipinski definition) is 1. The van der Waals surface area contributed by atoms with Gasteiger partial charge < -0.3 is 10.0 Å². The van der Waals surface area contributed by atoms with Crippen LogP contribution in [-0.2, 0) is 0 Å². The van der Waals surface area contributed by atoms with Gasteiger partial charge in [0.2, 0.25) is 0 Å². The van der Waals surface area contributed by atoms with Gasteiger partial charge in [-0.05, 0) is 37.5 Å². The maximum Gasteiger partial charge on any atom is 0.276 e. The fourth-order valence-corrected chi connectivity index (χ4v) is 4.35. The standard InChI is InChI=1S/C25H29N5O2/c1-18-7-11-21(12-8-18)30-24(20-9-10-20)23(26-27-30)25(32)29-15-13-28(14-16-29)17-22(31)19-5-3-2-4-6-19/h2-8,11-12,20,22,31H,9-10,13-17H2,1H3. The third-order valence-corrected chi connectivity index (χ3v) is 6.43. The Balaban J connectivity index is 1.26. The number of aliphatic hydroxyl groups is 1. The Morgan fingerprint density at radius 3 is 2.38 bits per heavy atom. The first kappa shape index (κ1) is 20.8. The van der Waals surface area contributed by atoms with E-state index in [0.717, 1.165) is 42.9 Å². The van der Waals surface area contributed by atoms with Crippen LogP contribution in [0.1, 0.15) is 52.2 Å². The molecule has 1 unspecified atom stereocenters. The summed E-state index contributed by atoms with van der Waals surface area (Å²) in [6, 6.07) is 17.9. The Morgan fingerprint density at radius 2 is 1.72 bits per heavy atom. The summed E-state index contributed by atoms with van der Waals surface area (Å²) < 4.78 is 1.84. The molecule has 1 atom stereocenters. The second-order valence-corrected chi connectivity index (χ2v) is 8.86. The summed E-state index contributed by atoms with van der Waals surface area (Å²) >= 11 is 0.